The van der Waals surface area contributed by atoms with Gasteiger partial charge in [0.2, 0.25) is 0 Å². The molecule has 0 saturated heterocycles. The number of benzene rings is 1. The van der Waals surface area contributed by atoms with Crippen LogP contribution >= 0.6 is 11.6 Å². The largest absolute Gasteiger partial charge is 0.495 e. The Morgan fingerprint density at radius 3 is 2.56 bits per heavy atom. The van der Waals surface area contributed by atoms with Crippen molar-refractivity contribution in [2.75, 3.05) is 7.11 Å². The molecular weight excluding hydrogens is 230 g/mol. The zero-order valence-electron chi connectivity index (χ0n) is 9.37. The topological polar surface area (TPSA) is 72.5 Å². The zero-order valence-corrected chi connectivity index (χ0v) is 10.1. The quantitative estimate of drug-likeness (QED) is 0.852. The number of nitrogens with two attached hydrogens (primary N) is 1. The summed E-state index contributed by atoms with van der Waals surface area (Å²) in [5, 5.41) is 9.37. The number of carboxylic acids is 1. The lowest BCUT2D eigenvalue weighted by molar-refractivity contribution is -0.138. The maximum Gasteiger partial charge on any atom is 0.325 e. The molecule has 4 nitrogen and oxygen atoms in total. The third kappa shape index (κ3) is 2.13. The molecule has 0 spiro atoms. The maximum atomic E-state index is 10.8. The van der Waals surface area contributed by atoms with Gasteiger partial charge in [0, 0.05) is 0 Å². The summed E-state index contributed by atoms with van der Waals surface area (Å²) in [6.07, 6.45) is 0. The molecule has 0 aliphatic heterocycles. The number of methoxy groups -OCH3 is 1. The van der Waals surface area contributed by atoms with E-state index in [0.717, 1.165) is 5.56 Å². The second kappa shape index (κ2) is 4.72. The number of aliphatic carboxylic acids is 1. The van der Waals surface area contributed by atoms with E-state index in [1.165, 1.54) is 7.11 Å². The van der Waals surface area contributed by atoms with E-state index in [0.29, 0.717) is 21.9 Å². The number of aryl methyl sites for hydroxylation is 1. The average Bonchev–Trinajstić information content (AvgIpc) is 2.23. The lowest BCUT2D eigenvalue weighted by Crippen LogP contribution is -2.22. The van der Waals surface area contributed by atoms with Gasteiger partial charge in [0.1, 0.15) is 11.8 Å². The Labute approximate surface area is 99.0 Å². The number of hydrogen-bond acceptors (Lipinski definition) is 3. The van der Waals surface area contributed by atoms with Gasteiger partial charge in [-0.25, -0.2) is 0 Å². The van der Waals surface area contributed by atoms with Gasteiger partial charge in [-0.05, 0) is 30.5 Å². The van der Waals surface area contributed by atoms with Crippen LogP contribution in [0.25, 0.3) is 0 Å². The van der Waals surface area contributed by atoms with Gasteiger partial charge >= 0.3 is 5.97 Å². The van der Waals surface area contributed by atoms with E-state index < -0.39 is 12.0 Å². The van der Waals surface area contributed by atoms with Crippen LogP contribution in [0.5, 0.6) is 5.75 Å². The van der Waals surface area contributed by atoms with Crippen molar-refractivity contribution >= 4 is 17.6 Å². The number of ether oxygens (including phenoxy) is 1. The molecule has 0 radical (unpaired) electrons. The molecule has 1 rings (SSSR count). The van der Waals surface area contributed by atoms with Crippen LogP contribution in [0.4, 0.5) is 0 Å². The van der Waals surface area contributed by atoms with Gasteiger partial charge in [-0.1, -0.05) is 17.7 Å². The third-order valence-electron chi connectivity index (χ3n) is 2.50. The molecule has 1 atom stereocenters. The third-order valence-corrected chi connectivity index (χ3v) is 2.97. The molecule has 1 aromatic carbocycles. The van der Waals surface area contributed by atoms with Gasteiger partial charge in [-0.3, -0.25) is 4.79 Å². The highest BCUT2D eigenvalue weighted by atomic mass is 35.5. The highest BCUT2D eigenvalue weighted by Gasteiger charge is 2.21. The van der Waals surface area contributed by atoms with Crippen LogP contribution in [-0.2, 0) is 4.79 Å². The van der Waals surface area contributed by atoms with Crippen molar-refractivity contribution in [3.8, 4) is 5.75 Å². The summed E-state index contributed by atoms with van der Waals surface area (Å²) in [4.78, 5) is 10.8. The lowest BCUT2D eigenvalue weighted by atomic mass is 9.98. The monoisotopic (exact) mass is 243 g/mol. The van der Waals surface area contributed by atoms with E-state index in [1.807, 2.05) is 0 Å². The van der Waals surface area contributed by atoms with Crippen LogP contribution in [0, 0.1) is 13.8 Å². The smallest absolute Gasteiger partial charge is 0.325 e. The molecule has 0 amide bonds. The van der Waals surface area contributed by atoms with E-state index in [4.69, 9.17) is 27.2 Å². The molecule has 1 unspecified atom stereocenters. The van der Waals surface area contributed by atoms with E-state index in [9.17, 15) is 4.79 Å². The van der Waals surface area contributed by atoms with Crippen molar-refractivity contribution in [2.45, 2.75) is 19.9 Å². The highest BCUT2D eigenvalue weighted by Crippen LogP contribution is 2.35. The standard InChI is InChI=1S/C11H14ClNO3/c1-5-4-7(9(13)11(14)15)6(2)10(16-3)8(5)12/h4,9H,13H2,1-3H3,(H,14,15). The number of carbonyl (C=O) groups is 1. The van der Waals surface area contributed by atoms with Gasteiger partial charge < -0.3 is 15.6 Å². The molecule has 88 valence electrons. The van der Waals surface area contributed by atoms with Crippen molar-refractivity contribution in [3.63, 3.8) is 0 Å². The minimum Gasteiger partial charge on any atom is -0.495 e. The summed E-state index contributed by atoms with van der Waals surface area (Å²) in [7, 11) is 1.49. The van der Waals surface area contributed by atoms with Crippen molar-refractivity contribution in [3.05, 3.63) is 27.8 Å². The van der Waals surface area contributed by atoms with Gasteiger partial charge in [-0.2, -0.15) is 0 Å². The van der Waals surface area contributed by atoms with Crippen molar-refractivity contribution in [2.24, 2.45) is 5.73 Å². The normalized spacial score (nSPS) is 12.3. The molecule has 5 heteroatoms. The summed E-state index contributed by atoms with van der Waals surface area (Å²) in [5.74, 6) is -0.597. The molecule has 3 N–H and O–H groups in total. The molecular formula is C11H14ClNO3. The number of halogens is 1. The van der Waals surface area contributed by atoms with Gasteiger partial charge in [-0.15, -0.1) is 0 Å². The van der Waals surface area contributed by atoms with Gasteiger partial charge in [0.15, 0.2) is 0 Å². The fourth-order valence-corrected chi connectivity index (χ4v) is 1.85. The number of carboxylic acid groups (broad SMARTS) is 1. The second-order valence-electron chi connectivity index (χ2n) is 3.57. The summed E-state index contributed by atoms with van der Waals surface area (Å²) in [6, 6.07) is 0.615. The average molecular weight is 244 g/mol. The van der Waals surface area contributed by atoms with Crippen molar-refractivity contribution in [1.82, 2.24) is 0 Å². The lowest BCUT2D eigenvalue weighted by Gasteiger charge is -2.16. The van der Waals surface area contributed by atoms with E-state index in [2.05, 4.69) is 0 Å². The van der Waals surface area contributed by atoms with Crippen LogP contribution in [0.3, 0.4) is 0 Å². The Kier molecular flexibility index (Phi) is 3.78. The molecule has 16 heavy (non-hydrogen) atoms. The Balaban J connectivity index is 3.42. The van der Waals surface area contributed by atoms with Crippen LogP contribution in [-0.4, -0.2) is 18.2 Å². The van der Waals surface area contributed by atoms with Crippen LogP contribution in [0.15, 0.2) is 6.07 Å². The fourth-order valence-electron chi connectivity index (χ4n) is 1.58. The van der Waals surface area contributed by atoms with Crippen molar-refractivity contribution in [1.29, 1.82) is 0 Å². The van der Waals surface area contributed by atoms with E-state index >= 15 is 0 Å². The molecule has 0 aliphatic rings. The molecule has 0 bridgehead atoms. The van der Waals surface area contributed by atoms with Crippen LogP contribution in [0.2, 0.25) is 5.02 Å². The highest BCUT2D eigenvalue weighted by molar-refractivity contribution is 6.33. The molecule has 0 aromatic heterocycles. The molecule has 0 saturated carbocycles. The predicted octanol–water partition coefficient (Wildman–Crippen LogP) is 2.05. The first-order valence-electron chi connectivity index (χ1n) is 4.72. The van der Waals surface area contributed by atoms with E-state index in [-0.39, 0.29) is 0 Å². The Bertz CT molecular complexity index is 432. The molecule has 1 aromatic rings. The van der Waals surface area contributed by atoms with Crippen LogP contribution < -0.4 is 10.5 Å². The summed E-state index contributed by atoms with van der Waals surface area (Å²) in [6.45, 7) is 3.52. The molecule has 0 heterocycles. The second-order valence-corrected chi connectivity index (χ2v) is 3.95. The van der Waals surface area contributed by atoms with E-state index in [1.54, 1.807) is 19.9 Å². The predicted molar refractivity (Wildman–Crippen MR) is 62.0 cm³/mol. The summed E-state index contributed by atoms with van der Waals surface area (Å²) < 4.78 is 5.15. The van der Waals surface area contributed by atoms with Crippen LogP contribution in [0.1, 0.15) is 22.7 Å². The van der Waals surface area contributed by atoms with Gasteiger partial charge in [0.05, 0.1) is 12.1 Å². The van der Waals surface area contributed by atoms with Gasteiger partial charge in [0.25, 0.3) is 0 Å². The first-order valence-corrected chi connectivity index (χ1v) is 5.10. The Hall–Kier alpha value is -1.26. The number of hydrogen-bond donors (Lipinski definition) is 2. The zero-order chi connectivity index (χ0) is 12.5. The minimum absolute atomic E-state index is 0.480. The molecule has 0 fully saturated rings. The minimum atomic E-state index is -1.08. The first-order chi connectivity index (χ1) is 7.40. The molecule has 0 aliphatic carbocycles. The summed E-state index contributed by atoms with van der Waals surface area (Å²) in [5.41, 5.74) is 7.51. The maximum absolute atomic E-state index is 10.8. The summed E-state index contributed by atoms with van der Waals surface area (Å²) >= 11 is 6.04. The SMILES string of the molecule is COc1c(C)c(C(N)C(=O)O)cc(C)c1Cl. The Morgan fingerprint density at radius 2 is 2.12 bits per heavy atom. The van der Waals surface area contributed by atoms with Crippen molar-refractivity contribution < 1.29 is 14.6 Å². The fraction of sp³-hybridized carbons (Fsp3) is 0.364. The first kappa shape index (κ1) is 12.8. The number of rotatable bonds is 3. The Morgan fingerprint density at radius 1 is 1.56 bits per heavy atom.